The van der Waals surface area contributed by atoms with Crippen LogP contribution in [0.15, 0.2) is 24.3 Å². The van der Waals surface area contributed by atoms with Gasteiger partial charge in [0.1, 0.15) is 6.61 Å². The number of unbranched alkanes of at least 4 members (excludes halogenated alkanes) is 30. The number of hydrogen-bond donors (Lipinski definition) is 2. The van der Waals surface area contributed by atoms with Gasteiger partial charge in [-0.3, -0.25) is 18.6 Å². The van der Waals surface area contributed by atoms with Crippen LogP contribution >= 0.6 is 7.82 Å². The molecule has 0 saturated heterocycles. The third kappa shape index (κ3) is 45.8. The van der Waals surface area contributed by atoms with Crippen molar-refractivity contribution in [2.45, 2.75) is 251 Å². The highest BCUT2D eigenvalue weighted by molar-refractivity contribution is 7.47. The first-order valence-corrected chi connectivity index (χ1v) is 26.3. The fraction of sp³-hybridized carbons (Fsp3) is 0.878. The number of nitrogens with two attached hydrogens (primary N) is 1. The summed E-state index contributed by atoms with van der Waals surface area (Å²) in [7, 11) is -4.38. The monoisotopic (exact) mass is 856 g/mol. The molecule has 10 heteroatoms. The Morgan fingerprint density at radius 2 is 0.831 bits per heavy atom. The summed E-state index contributed by atoms with van der Waals surface area (Å²) in [6.07, 6.45) is 50.7. The van der Waals surface area contributed by atoms with Crippen molar-refractivity contribution in [1.82, 2.24) is 0 Å². The van der Waals surface area contributed by atoms with Crippen LogP contribution in [0.3, 0.4) is 0 Å². The topological polar surface area (TPSA) is 134 Å². The molecule has 0 bridgehead atoms. The number of allylic oxidation sites excluding steroid dienone is 4. The van der Waals surface area contributed by atoms with E-state index in [0.717, 1.165) is 38.5 Å². The van der Waals surface area contributed by atoms with Gasteiger partial charge in [0.15, 0.2) is 6.10 Å². The Hall–Kier alpha value is -1.51. The number of hydrogen-bond acceptors (Lipinski definition) is 8. The van der Waals surface area contributed by atoms with Gasteiger partial charge >= 0.3 is 19.8 Å². The molecule has 0 aromatic carbocycles. The summed E-state index contributed by atoms with van der Waals surface area (Å²) in [5.41, 5.74) is 5.36. The van der Waals surface area contributed by atoms with Gasteiger partial charge in [0.05, 0.1) is 13.2 Å². The van der Waals surface area contributed by atoms with Crippen LogP contribution in [0, 0.1) is 0 Å². The van der Waals surface area contributed by atoms with Gasteiger partial charge in [-0.2, -0.15) is 0 Å². The Kier molecular flexibility index (Phi) is 44.8. The number of carbonyl (C=O) groups excluding carboxylic acids is 2. The van der Waals surface area contributed by atoms with Crippen LogP contribution in [0.5, 0.6) is 0 Å². The first kappa shape index (κ1) is 57.5. The second kappa shape index (κ2) is 46.0. The molecule has 0 aliphatic carbocycles. The van der Waals surface area contributed by atoms with E-state index in [2.05, 4.69) is 38.2 Å². The second-order valence-corrected chi connectivity index (χ2v) is 18.1. The molecule has 0 aromatic rings. The molecule has 0 aliphatic rings. The minimum Gasteiger partial charge on any atom is -0.462 e. The van der Waals surface area contributed by atoms with Crippen LogP contribution in [0.25, 0.3) is 0 Å². The number of rotatable bonds is 47. The van der Waals surface area contributed by atoms with Crippen molar-refractivity contribution >= 4 is 19.8 Å². The van der Waals surface area contributed by atoms with Crippen LogP contribution in [-0.2, 0) is 32.7 Å². The first-order chi connectivity index (χ1) is 28.8. The average Bonchev–Trinajstić information content (AvgIpc) is 3.22. The van der Waals surface area contributed by atoms with E-state index in [-0.39, 0.29) is 38.6 Å². The van der Waals surface area contributed by atoms with Gasteiger partial charge in [-0.15, -0.1) is 0 Å². The van der Waals surface area contributed by atoms with Crippen LogP contribution in [-0.4, -0.2) is 49.3 Å². The molecule has 0 spiro atoms. The van der Waals surface area contributed by atoms with E-state index in [9.17, 15) is 19.0 Å². The molecule has 0 aromatic heterocycles. The molecule has 59 heavy (non-hydrogen) atoms. The second-order valence-electron chi connectivity index (χ2n) is 16.7. The molecule has 3 N–H and O–H groups in total. The summed E-state index contributed by atoms with van der Waals surface area (Å²) in [6, 6.07) is 0. The van der Waals surface area contributed by atoms with E-state index in [1.807, 2.05) is 0 Å². The minimum absolute atomic E-state index is 0.0545. The predicted molar refractivity (Wildman–Crippen MR) is 247 cm³/mol. The smallest absolute Gasteiger partial charge is 0.462 e. The fourth-order valence-corrected chi connectivity index (χ4v) is 7.86. The highest BCUT2D eigenvalue weighted by Crippen LogP contribution is 2.43. The summed E-state index contributed by atoms with van der Waals surface area (Å²) in [6.45, 7) is 3.75. The molecule has 0 saturated carbocycles. The summed E-state index contributed by atoms with van der Waals surface area (Å²) >= 11 is 0. The highest BCUT2D eigenvalue weighted by Gasteiger charge is 2.26. The standard InChI is InChI=1S/C49H94NO8P/c1-3-5-7-9-11-13-15-17-19-21-22-23-24-26-27-29-31-33-35-37-39-41-48(51)55-45-47(46-57-59(53,54)56-44-43-50)58-49(52)42-40-38-36-34-32-30-28-25-20-18-16-14-12-10-8-6-4-2/h14,16-17,19,47H,3-13,15,18,20-46,50H2,1-2H3,(H,53,54)/b16-14+,19-17+/t47-/m1/s1. The predicted octanol–water partition coefficient (Wildman–Crippen LogP) is 14.7. The quantitative estimate of drug-likeness (QED) is 0.0265. The first-order valence-electron chi connectivity index (χ1n) is 24.8. The lowest BCUT2D eigenvalue weighted by atomic mass is 10.0. The average molecular weight is 856 g/mol. The highest BCUT2D eigenvalue weighted by atomic mass is 31.2. The van der Waals surface area contributed by atoms with Gasteiger partial charge in [0.2, 0.25) is 0 Å². The molecule has 2 atom stereocenters. The number of phosphoric acid groups is 1. The maximum Gasteiger partial charge on any atom is 0.472 e. The summed E-state index contributed by atoms with van der Waals surface area (Å²) in [5.74, 6) is -0.821. The van der Waals surface area contributed by atoms with Crippen molar-refractivity contribution in [3.63, 3.8) is 0 Å². The van der Waals surface area contributed by atoms with Crippen molar-refractivity contribution in [2.75, 3.05) is 26.4 Å². The Bertz CT molecular complexity index is 1020. The van der Waals surface area contributed by atoms with E-state index in [0.29, 0.717) is 6.42 Å². The maximum atomic E-state index is 12.6. The molecule has 0 amide bonds. The molecule has 1 unspecified atom stereocenters. The molecule has 348 valence electrons. The van der Waals surface area contributed by atoms with E-state index < -0.39 is 26.5 Å². The van der Waals surface area contributed by atoms with Crippen LogP contribution in [0.4, 0.5) is 0 Å². The van der Waals surface area contributed by atoms with Gasteiger partial charge in [0, 0.05) is 19.4 Å². The maximum absolute atomic E-state index is 12.6. The third-order valence-corrected chi connectivity index (χ3v) is 11.8. The van der Waals surface area contributed by atoms with E-state index >= 15 is 0 Å². The molecule has 0 radical (unpaired) electrons. The zero-order valence-electron chi connectivity index (χ0n) is 38.5. The molecule has 0 fully saturated rings. The Labute approximate surface area is 363 Å². The molecular formula is C49H94NO8P. The van der Waals surface area contributed by atoms with Crippen molar-refractivity contribution in [3.8, 4) is 0 Å². The lowest BCUT2D eigenvalue weighted by Gasteiger charge is -2.19. The number of esters is 2. The van der Waals surface area contributed by atoms with Crippen LogP contribution < -0.4 is 5.73 Å². The SMILES string of the molecule is CCCCCC/C=C/CCCCCCCCCCCC(=O)O[C@H](COC(=O)CCCCCCCCCCCCC/C=C/CCCCCCCC)COP(=O)(O)OCCN. The van der Waals surface area contributed by atoms with Gasteiger partial charge in [-0.25, -0.2) is 4.57 Å². The lowest BCUT2D eigenvalue weighted by Crippen LogP contribution is -2.29. The van der Waals surface area contributed by atoms with Crippen molar-refractivity contribution in [3.05, 3.63) is 24.3 Å². The number of ether oxygens (including phenoxy) is 2. The van der Waals surface area contributed by atoms with E-state index in [1.54, 1.807) is 0 Å². The molecule has 0 aliphatic heterocycles. The number of carbonyl (C=O) groups is 2. The van der Waals surface area contributed by atoms with E-state index in [1.165, 1.54) is 173 Å². The Morgan fingerprint density at radius 3 is 1.22 bits per heavy atom. The zero-order valence-corrected chi connectivity index (χ0v) is 39.4. The van der Waals surface area contributed by atoms with Crippen LogP contribution in [0.1, 0.15) is 245 Å². The Balaban J connectivity index is 4.03. The van der Waals surface area contributed by atoms with E-state index in [4.69, 9.17) is 24.3 Å². The zero-order chi connectivity index (χ0) is 43.2. The van der Waals surface area contributed by atoms with Gasteiger partial charge in [-0.1, -0.05) is 192 Å². The van der Waals surface area contributed by atoms with Gasteiger partial charge in [0.25, 0.3) is 0 Å². The fourth-order valence-electron chi connectivity index (χ4n) is 7.10. The molecular weight excluding hydrogens is 762 g/mol. The molecule has 9 nitrogen and oxygen atoms in total. The normalized spacial score (nSPS) is 13.4. The lowest BCUT2D eigenvalue weighted by molar-refractivity contribution is -0.161. The van der Waals surface area contributed by atoms with Crippen molar-refractivity contribution in [1.29, 1.82) is 0 Å². The summed E-state index contributed by atoms with van der Waals surface area (Å²) in [5, 5.41) is 0. The summed E-state index contributed by atoms with van der Waals surface area (Å²) in [4.78, 5) is 35.0. The Morgan fingerprint density at radius 1 is 0.492 bits per heavy atom. The minimum atomic E-state index is -4.38. The molecule has 0 rings (SSSR count). The van der Waals surface area contributed by atoms with Gasteiger partial charge < -0.3 is 20.1 Å². The summed E-state index contributed by atoms with van der Waals surface area (Å²) < 4.78 is 32.9. The van der Waals surface area contributed by atoms with Crippen molar-refractivity contribution in [2.24, 2.45) is 5.73 Å². The largest absolute Gasteiger partial charge is 0.472 e. The van der Waals surface area contributed by atoms with Crippen LogP contribution in [0.2, 0.25) is 0 Å². The number of phosphoric ester groups is 1. The van der Waals surface area contributed by atoms with Crippen molar-refractivity contribution < 1.29 is 37.6 Å². The third-order valence-electron chi connectivity index (χ3n) is 10.8. The van der Waals surface area contributed by atoms with Gasteiger partial charge in [-0.05, 0) is 64.2 Å². The molecule has 0 heterocycles.